The number of ether oxygens (including phenoxy) is 2. The summed E-state index contributed by atoms with van der Waals surface area (Å²) >= 11 is 5.78. The van der Waals surface area contributed by atoms with Crippen molar-refractivity contribution in [2.75, 3.05) is 6.61 Å². The highest BCUT2D eigenvalue weighted by Crippen LogP contribution is 2.16. The number of carbonyl (C=O) groups excluding carboxylic acids is 3. The van der Waals surface area contributed by atoms with Gasteiger partial charge >= 0.3 is 5.97 Å². The third kappa shape index (κ3) is 5.32. The van der Waals surface area contributed by atoms with E-state index in [1.165, 1.54) is 31.2 Å². The van der Waals surface area contributed by atoms with Gasteiger partial charge in [0.1, 0.15) is 5.75 Å². The van der Waals surface area contributed by atoms with Crippen LogP contribution in [-0.2, 0) is 9.53 Å². The van der Waals surface area contributed by atoms with Crippen molar-refractivity contribution >= 4 is 29.3 Å². The van der Waals surface area contributed by atoms with Crippen LogP contribution in [0.5, 0.6) is 5.75 Å². The van der Waals surface area contributed by atoms with Gasteiger partial charge < -0.3 is 15.2 Å². The van der Waals surface area contributed by atoms with E-state index in [1.807, 2.05) is 0 Å². The molecule has 1 atom stereocenters. The maximum Gasteiger partial charge on any atom is 0.338 e. The fourth-order valence-electron chi connectivity index (χ4n) is 1.97. The van der Waals surface area contributed by atoms with Crippen molar-refractivity contribution in [1.82, 2.24) is 0 Å². The van der Waals surface area contributed by atoms with Crippen molar-refractivity contribution in [3.05, 3.63) is 64.7 Å². The molecule has 0 saturated heterocycles. The van der Waals surface area contributed by atoms with Crippen LogP contribution in [0.2, 0.25) is 5.02 Å². The van der Waals surface area contributed by atoms with E-state index < -0.39 is 18.0 Å². The summed E-state index contributed by atoms with van der Waals surface area (Å²) in [5.41, 5.74) is 5.64. The molecular formula is C18H16ClNO5. The van der Waals surface area contributed by atoms with Gasteiger partial charge in [0, 0.05) is 10.6 Å². The Balaban J connectivity index is 1.97. The summed E-state index contributed by atoms with van der Waals surface area (Å²) in [6.07, 6.45) is -0.945. The van der Waals surface area contributed by atoms with Crippen LogP contribution in [0.4, 0.5) is 0 Å². The second-order valence-electron chi connectivity index (χ2n) is 5.20. The molecule has 1 amide bonds. The first-order valence-corrected chi connectivity index (χ1v) is 7.76. The fraction of sp³-hybridized carbons (Fsp3) is 0.167. The van der Waals surface area contributed by atoms with Crippen LogP contribution in [-0.4, -0.2) is 30.4 Å². The average molecular weight is 362 g/mol. The molecule has 25 heavy (non-hydrogen) atoms. The molecule has 0 bridgehead atoms. The maximum absolute atomic E-state index is 12.2. The molecule has 0 heterocycles. The summed E-state index contributed by atoms with van der Waals surface area (Å²) in [5.74, 6) is -1.18. The largest absolute Gasteiger partial charge is 0.484 e. The molecule has 2 aromatic carbocycles. The molecule has 2 N–H and O–H groups in total. The summed E-state index contributed by atoms with van der Waals surface area (Å²) in [7, 11) is 0. The lowest BCUT2D eigenvalue weighted by molar-refractivity contribution is -0.119. The Morgan fingerprint density at radius 3 is 2.12 bits per heavy atom. The van der Waals surface area contributed by atoms with E-state index in [0.29, 0.717) is 16.3 Å². The molecule has 7 heteroatoms. The Hall–Kier alpha value is -2.86. The zero-order valence-corrected chi connectivity index (χ0v) is 14.2. The predicted octanol–water partition coefficient (Wildman–Crippen LogP) is 2.63. The Morgan fingerprint density at radius 1 is 1.00 bits per heavy atom. The summed E-state index contributed by atoms with van der Waals surface area (Å²) in [4.78, 5) is 35.0. The normalized spacial score (nSPS) is 11.4. The average Bonchev–Trinajstić information content (AvgIpc) is 2.60. The highest BCUT2D eigenvalue weighted by molar-refractivity contribution is 6.30. The molecule has 0 fully saturated rings. The van der Waals surface area contributed by atoms with Crippen LogP contribution < -0.4 is 10.5 Å². The Labute approximate surface area is 149 Å². The van der Waals surface area contributed by atoms with Crippen molar-refractivity contribution in [2.45, 2.75) is 13.0 Å². The number of hydrogen-bond acceptors (Lipinski definition) is 5. The maximum atomic E-state index is 12.2. The highest BCUT2D eigenvalue weighted by Gasteiger charge is 2.20. The number of halogens is 1. The third-order valence-electron chi connectivity index (χ3n) is 3.25. The fourth-order valence-corrected chi connectivity index (χ4v) is 2.10. The number of primary amides is 1. The van der Waals surface area contributed by atoms with E-state index >= 15 is 0 Å². The van der Waals surface area contributed by atoms with E-state index in [0.717, 1.165) is 0 Å². The van der Waals surface area contributed by atoms with Crippen LogP contribution in [0.25, 0.3) is 0 Å². The zero-order chi connectivity index (χ0) is 18.4. The molecule has 0 aliphatic rings. The molecule has 2 aromatic rings. The summed E-state index contributed by atoms with van der Waals surface area (Å²) in [6.45, 7) is 1.25. The number of hydrogen-bond donors (Lipinski definition) is 1. The first-order valence-electron chi connectivity index (χ1n) is 7.38. The van der Waals surface area contributed by atoms with E-state index in [4.69, 9.17) is 26.8 Å². The lowest BCUT2D eigenvalue weighted by Gasteiger charge is -2.12. The van der Waals surface area contributed by atoms with Crippen LogP contribution in [0.1, 0.15) is 27.6 Å². The topological polar surface area (TPSA) is 95.7 Å². The highest BCUT2D eigenvalue weighted by atomic mass is 35.5. The van der Waals surface area contributed by atoms with Crippen LogP contribution >= 0.6 is 11.6 Å². The molecule has 0 unspecified atom stereocenters. The van der Waals surface area contributed by atoms with Crippen molar-refractivity contribution in [3.63, 3.8) is 0 Å². The molecule has 6 nitrogen and oxygen atoms in total. The summed E-state index contributed by atoms with van der Waals surface area (Å²) in [6, 6.07) is 12.3. The van der Waals surface area contributed by atoms with Gasteiger partial charge in [-0.1, -0.05) is 11.6 Å². The molecular weight excluding hydrogens is 346 g/mol. The van der Waals surface area contributed by atoms with E-state index in [1.54, 1.807) is 24.3 Å². The van der Waals surface area contributed by atoms with Gasteiger partial charge in [-0.2, -0.15) is 0 Å². The minimum atomic E-state index is -0.945. The first-order chi connectivity index (χ1) is 11.9. The summed E-state index contributed by atoms with van der Waals surface area (Å²) < 4.78 is 10.3. The van der Waals surface area contributed by atoms with Gasteiger partial charge in [0.15, 0.2) is 12.7 Å². The van der Waals surface area contributed by atoms with Gasteiger partial charge in [-0.3, -0.25) is 9.59 Å². The minimum Gasteiger partial charge on any atom is -0.484 e. The van der Waals surface area contributed by atoms with Crippen molar-refractivity contribution in [3.8, 4) is 5.75 Å². The number of nitrogens with two attached hydrogens (primary N) is 1. The van der Waals surface area contributed by atoms with Gasteiger partial charge in [-0.15, -0.1) is 0 Å². The second-order valence-corrected chi connectivity index (χ2v) is 5.63. The van der Waals surface area contributed by atoms with Crippen LogP contribution in [0, 0.1) is 0 Å². The van der Waals surface area contributed by atoms with Gasteiger partial charge in [0.05, 0.1) is 5.56 Å². The Kier molecular flexibility index (Phi) is 6.14. The van der Waals surface area contributed by atoms with Crippen LogP contribution in [0.3, 0.4) is 0 Å². The van der Waals surface area contributed by atoms with Crippen molar-refractivity contribution in [2.24, 2.45) is 5.73 Å². The standard InChI is InChI=1S/C18H16ClNO5/c1-11(17(22)12-2-6-14(19)7-3-12)25-18(23)13-4-8-15(9-5-13)24-10-16(20)21/h2-9,11H,10H2,1H3,(H2,20,21)/t11-/m0/s1. The Bertz CT molecular complexity index is 771. The summed E-state index contributed by atoms with van der Waals surface area (Å²) in [5, 5.41) is 0.514. The lowest BCUT2D eigenvalue weighted by Crippen LogP contribution is -2.24. The van der Waals surface area contributed by atoms with Crippen molar-refractivity contribution < 1.29 is 23.9 Å². The van der Waals surface area contributed by atoms with Gasteiger partial charge in [-0.25, -0.2) is 4.79 Å². The molecule has 0 aliphatic heterocycles. The minimum absolute atomic E-state index is 0.252. The molecule has 0 spiro atoms. The smallest absolute Gasteiger partial charge is 0.338 e. The van der Waals surface area contributed by atoms with E-state index in [2.05, 4.69) is 0 Å². The number of Topliss-reactive ketones (excluding diaryl/α,β-unsaturated/α-hetero) is 1. The zero-order valence-electron chi connectivity index (χ0n) is 13.4. The molecule has 0 aliphatic carbocycles. The number of amides is 1. The monoisotopic (exact) mass is 361 g/mol. The number of ketones is 1. The molecule has 0 aromatic heterocycles. The van der Waals surface area contributed by atoms with E-state index in [9.17, 15) is 14.4 Å². The predicted molar refractivity (Wildman–Crippen MR) is 91.8 cm³/mol. The number of benzene rings is 2. The lowest BCUT2D eigenvalue weighted by atomic mass is 10.1. The quantitative estimate of drug-likeness (QED) is 0.604. The van der Waals surface area contributed by atoms with Crippen LogP contribution in [0.15, 0.2) is 48.5 Å². The second kappa shape index (κ2) is 8.30. The van der Waals surface area contributed by atoms with Gasteiger partial charge in [-0.05, 0) is 55.5 Å². The van der Waals surface area contributed by atoms with Crippen molar-refractivity contribution in [1.29, 1.82) is 0 Å². The SMILES string of the molecule is C[C@H](OC(=O)c1ccc(OCC(N)=O)cc1)C(=O)c1ccc(Cl)cc1. The number of carbonyl (C=O) groups is 3. The molecule has 130 valence electrons. The first kappa shape index (κ1) is 18.5. The molecule has 0 saturated carbocycles. The molecule has 2 rings (SSSR count). The number of rotatable bonds is 7. The van der Waals surface area contributed by atoms with E-state index in [-0.39, 0.29) is 18.0 Å². The van der Waals surface area contributed by atoms with Gasteiger partial charge in [0.25, 0.3) is 5.91 Å². The van der Waals surface area contributed by atoms with Gasteiger partial charge in [0.2, 0.25) is 5.78 Å². The Morgan fingerprint density at radius 2 is 1.56 bits per heavy atom. The molecule has 0 radical (unpaired) electrons. The number of esters is 1. The third-order valence-corrected chi connectivity index (χ3v) is 3.50.